The Morgan fingerprint density at radius 2 is 1.71 bits per heavy atom. The fourth-order valence-electron chi connectivity index (χ4n) is 3.18. The minimum atomic E-state index is -4.56. The van der Waals surface area contributed by atoms with Crippen LogP contribution in [0.15, 0.2) is 0 Å². The van der Waals surface area contributed by atoms with Gasteiger partial charge in [0.15, 0.2) is 0 Å². The molecule has 1 heterocycles. The van der Waals surface area contributed by atoms with Crippen molar-refractivity contribution in [2.45, 2.75) is 62.7 Å². The second kappa shape index (κ2) is 5.73. The first-order valence-corrected chi connectivity index (χ1v) is 7.15. The summed E-state index contributed by atoms with van der Waals surface area (Å²) in [6, 6.07) is -2.92. The zero-order valence-electron chi connectivity index (χ0n) is 11.6. The lowest BCUT2D eigenvalue weighted by Gasteiger charge is -2.38. The highest BCUT2D eigenvalue weighted by molar-refractivity contribution is 5.87. The van der Waals surface area contributed by atoms with E-state index in [1.54, 1.807) is 0 Å². The van der Waals surface area contributed by atoms with Gasteiger partial charge in [-0.2, -0.15) is 13.2 Å². The number of alkyl halides is 3. The van der Waals surface area contributed by atoms with E-state index in [1.165, 1.54) is 0 Å². The summed E-state index contributed by atoms with van der Waals surface area (Å²) in [6.45, 7) is -0.630. The van der Waals surface area contributed by atoms with Crippen LogP contribution in [0.1, 0.15) is 44.9 Å². The fourth-order valence-corrected chi connectivity index (χ4v) is 3.18. The van der Waals surface area contributed by atoms with Crippen LogP contribution in [-0.4, -0.2) is 46.3 Å². The lowest BCUT2D eigenvalue weighted by molar-refractivity contribution is -0.158. The molecular formula is C13H19F3N2O3. The van der Waals surface area contributed by atoms with Crippen LogP contribution in [-0.2, 0) is 4.79 Å². The molecule has 21 heavy (non-hydrogen) atoms. The maximum atomic E-state index is 12.8. The molecule has 2 amide bonds. The molecule has 2 fully saturated rings. The van der Waals surface area contributed by atoms with Gasteiger partial charge >= 0.3 is 18.2 Å². The van der Waals surface area contributed by atoms with Crippen molar-refractivity contribution >= 4 is 12.0 Å². The van der Waals surface area contributed by atoms with Gasteiger partial charge in [0.25, 0.3) is 0 Å². The molecule has 5 nitrogen and oxygen atoms in total. The molecule has 0 aromatic heterocycles. The molecule has 8 heteroatoms. The molecule has 0 aromatic rings. The van der Waals surface area contributed by atoms with Gasteiger partial charge in [0, 0.05) is 0 Å². The zero-order valence-corrected chi connectivity index (χ0v) is 11.6. The molecule has 1 atom stereocenters. The number of carboxylic acids is 1. The van der Waals surface area contributed by atoms with Crippen molar-refractivity contribution in [3.8, 4) is 0 Å². The maximum Gasteiger partial charge on any atom is 0.410 e. The summed E-state index contributed by atoms with van der Waals surface area (Å²) in [6.07, 6.45) is -0.265. The lowest BCUT2D eigenvalue weighted by Crippen LogP contribution is -2.56. The monoisotopic (exact) mass is 308 g/mol. The second-order valence-corrected chi connectivity index (χ2v) is 5.76. The third-order valence-corrected chi connectivity index (χ3v) is 4.40. The molecule has 0 aromatic carbocycles. The highest BCUT2D eigenvalue weighted by atomic mass is 19.4. The number of urea groups is 1. The van der Waals surface area contributed by atoms with Crippen LogP contribution in [0.2, 0.25) is 0 Å². The van der Waals surface area contributed by atoms with Crippen molar-refractivity contribution in [1.82, 2.24) is 10.2 Å². The molecule has 0 bridgehead atoms. The van der Waals surface area contributed by atoms with E-state index in [-0.39, 0.29) is 12.8 Å². The molecule has 1 unspecified atom stereocenters. The number of halogens is 3. The summed E-state index contributed by atoms with van der Waals surface area (Å²) in [4.78, 5) is 24.5. The van der Waals surface area contributed by atoms with Gasteiger partial charge in [-0.1, -0.05) is 32.1 Å². The second-order valence-electron chi connectivity index (χ2n) is 5.76. The summed E-state index contributed by atoms with van der Waals surface area (Å²) < 4.78 is 38.3. The number of hydrogen-bond acceptors (Lipinski definition) is 2. The number of carbonyl (C=O) groups is 2. The number of carboxylic acid groups (broad SMARTS) is 1. The van der Waals surface area contributed by atoms with Gasteiger partial charge in [-0.3, -0.25) is 0 Å². The fraction of sp³-hybridized carbons (Fsp3) is 0.846. The minimum Gasteiger partial charge on any atom is -0.479 e. The Kier molecular flexibility index (Phi) is 4.34. The molecule has 1 aliphatic heterocycles. The summed E-state index contributed by atoms with van der Waals surface area (Å²) >= 11 is 0. The lowest BCUT2D eigenvalue weighted by atomic mass is 9.82. The standard InChI is InChI=1S/C13H19F3N2O3/c14-13(15,16)9-8-18(11(21)17-9)12(10(19)20)6-4-2-1-3-5-7-12/h9H,1-8H2,(H,17,21)(H,19,20). The average molecular weight is 308 g/mol. The van der Waals surface area contributed by atoms with Crippen LogP contribution in [0.4, 0.5) is 18.0 Å². The van der Waals surface area contributed by atoms with Crippen molar-refractivity contribution in [2.24, 2.45) is 0 Å². The highest BCUT2D eigenvalue weighted by Crippen LogP contribution is 2.36. The first-order valence-electron chi connectivity index (χ1n) is 7.15. The molecule has 120 valence electrons. The molecule has 2 rings (SSSR count). The first kappa shape index (κ1) is 15.9. The predicted molar refractivity (Wildman–Crippen MR) is 67.8 cm³/mol. The van der Waals surface area contributed by atoms with Crippen LogP contribution in [0, 0.1) is 0 Å². The third kappa shape index (κ3) is 3.08. The Morgan fingerprint density at radius 3 is 2.14 bits per heavy atom. The quantitative estimate of drug-likeness (QED) is 0.823. The SMILES string of the molecule is O=C1NC(C(F)(F)F)CN1C1(C(=O)O)CCCCCCC1. The smallest absolute Gasteiger partial charge is 0.410 e. The summed E-state index contributed by atoms with van der Waals surface area (Å²) in [5, 5.41) is 11.4. The zero-order chi connectivity index (χ0) is 15.7. The largest absolute Gasteiger partial charge is 0.479 e. The van der Waals surface area contributed by atoms with Gasteiger partial charge in [0.2, 0.25) is 0 Å². The van der Waals surface area contributed by atoms with Crippen LogP contribution in [0.5, 0.6) is 0 Å². The number of rotatable bonds is 2. The molecule has 2 N–H and O–H groups in total. The molecule has 0 radical (unpaired) electrons. The maximum absolute atomic E-state index is 12.8. The van der Waals surface area contributed by atoms with Gasteiger partial charge in [-0.25, -0.2) is 9.59 Å². The number of hydrogen-bond donors (Lipinski definition) is 2. The van der Waals surface area contributed by atoms with Crippen molar-refractivity contribution in [2.75, 3.05) is 6.54 Å². The van der Waals surface area contributed by atoms with Crippen LogP contribution < -0.4 is 5.32 Å². The highest BCUT2D eigenvalue weighted by Gasteiger charge is 2.55. The first-order chi connectivity index (χ1) is 9.77. The average Bonchev–Trinajstić information content (AvgIpc) is 2.71. The summed E-state index contributed by atoms with van der Waals surface area (Å²) in [5.74, 6) is -1.21. The molecule has 1 saturated carbocycles. The minimum absolute atomic E-state index is 0.209. The van der Waals surface area contributed by atoms with Crippen molar-refractivity contribution in [1.29, 1.82) is 0 Å². The Bertz CT molecular complexity index is 417. The predicted octanol–water partition coefficient (Wildman–Crippen LogP) is 2.51. The van der Waals surface area contributed by atoms with Crippen LogP contribution >= 0.6 is 0 Å². The Morgan fingerprint density at radius 1 is 1.19 bits per heavy atom. The van der Waals surface area contributed by atoms with E-state index < -0.39 is 36.3 Å². The number of nitrogens with zero attached hydrogens (tertiary/aromatic N) is 1. The van der Waals surface area contributed by atoms with Crippen LogP contribution in [0.3, 0.4) is 0 Å². The van der Waals surface area contributed by atoms with Crippen molar-refractivity contribution in [3.63, 3.8) is 0 Å². The van der Waals surface area contributed by atoms with E-state index in [0.29, 0.717) is 12.8 Å². The molecule has 2 aliphatic rings. The van der Waals surface area contributed by atoms with Gasteiger partial charge in [0.1, 0.15) is 11.6 Å². The van der Waals surface area contributed by atoms with E-state index >= 15 is 0 Å². The topological polar surface area (TPSA) is 69.6 Å². The van der Waals surface area contributed by atoms with E-state index in [0.717, 1.165) is 24.2 Å². The summed E-state index contributed by atoms with van der Waals surface area (Å²) in [5.41, 5.74) is -1.51. The number of nitrogens with one attached hydrogen (secondary N) is 1. The van der Waals surface area contributed by atoms with Crippen molar-refractivity contribution < 1.29 is 27.9 Å². The Balaban J connectivity index is 2.25. The Labute approximate surface area is 120 Å². The van der Waals surface area contributed by atoms with E-state index in [1.807, 2.05) is 5.32 Å². The van der Waals surface area contributed by atoms with Gasteiger partial charge in [0.05, 0.1) is 6.54 Å². The number of carbonyl (C=O) groups excluding carboxylic acids is 1. The molecule has 0 spiro atoms. The van der Waals surface area contributed by atoms with E-state index in [2.05, 4.69) is 0 Å². The normalized spacial score (nSPS) is 26.9. The number of aliphatic carboxylic acids is 1. The van der Waals surface area contributed by atoms with Crippen LogP contribution in [0.25, 0.3) is 0 Å². The molecule has 1 saturated heterocycles. The van der Waals surface area contributed by atoms with Gasteiger partial charge in [-0.15, -0.1) is 0 Å². The van der Waals surface area contributed by atoms with E-state index in [9.17, 15) is 27.9 Å². The third-order valence-electron chi connectivity index (χ3n) is 4.40. The summed E-state index contributed by atoms with van der Waals surface area (Å²) in [7, 11) is 0. The molecular weight excluding hydrogens is 289 g/mol. The molecule has 1 aliphatic carbocycles. The van der Waals surface area contributed by atoms with Gasteiger partial charge < -0.3 is 15.3 Å². The van der Waals surface area contributed by atoms with E-state index in [4.69, 9.17) is 0 Å². The van der Waals surface area contributed by atoms with Gasteiger partial charge in [-0.05, 0) is 12.8 Å². The Hall–Kier alpha value is -1.47. The number of amides is 2. The van der Waals surface area contributed by atoms with Crippen molar-refractivity contribution in [3.05, 3.63) is 0 Å².